The highest BCUT2D eigenvalue weighted by Gasteiger charge is 2.16. The van der Waals surface area contributed by atoms with Gasteiger partial charge in [-0.05, 0) is 31.0 Å². The number of rotatable bonds is 5. The molecule has 2 aromatic rings. The highest BCUT2D eigenvalue weighted by molar-refractivity contribution is 6.29. The third kappa shape index (κ3) is 3.88. The predicted molar refractivity (Wildman–Crippen MR) is 78.6 cm³/mol. The standard InChI is InChI=1S/C14H14ClN3O3/c1-3-10-4-5-12(11(7-10)18(19)20)21-8-14-16-9(2)6-13(15)17-14/h4-7H,3,8H2,1-2H3. The summed E-state index contributed by atoms with van der Waals surface area (Å²) in [6.45, 7) is 3.74. The number of nitrogens with zero attached hydrogens (tertiary/aromatic N) is 3. The third-order valence-corrected chi connectivity index (χ3v) is 3.05. The van der Waals surface area contributed by atoms with Gasteiger partial charge in [-0.15, -0.1) is 0 Å². The summed E-state index contributed by atoms with van der Waals surface area (Å²) in [7, 11) is 0. The second kappa shape index (κ2) is 6.49. The number of aromatic nitrogens is 2. The number of nitro groups is 1. The molecule has 0 saturated heterocycles. The first kappa shape index (κ1) is 15.2. The smallest absolute Gasteiger partial charge is 0.311 e. The van der Waals surface area contributed by atoms with Gasteiger partial charge < -0.3 is 4.74 Å². The Morgan fingerprint density at radius 3 is 2.71 bits per heavy atom. The summed E-state index contributed by atoms with van der Waals surface area (Å²) in [6.07, 6.45) is 0.720. The zero-order chi connectivity index (χ0) is 15.4. The molecule has 110 valence electrons. The number of hydrogen-bond donors (Lipinski definition) is 0. The third-order valence-electron chi connectivity index (χ3n) is 2.85. The Kier molecular flexibility index (Phi) is 4.70. The summed E-state index contributed by atoms with van der Waals surface area (Å²) in [4.78, 5) is 18.8. The Morgan fingerprint density at radius 2 is 2.10 bits per heavy atom. The Hall–Kier alpha value is -2.21. The fraction of sp³-hybridized carbons (Fsp3) is 0.286. The average molecular weight is 308 g/mol. The van der Waals surface area contributed by atoms with Gasteiger partial charge in [-0.1, -0.05) is 24.6 Å². The zero-order valence-electron chi connectivity index (χ0n) is 11.7. The summed E-state index contributed by atoms with van der Waals surface area (Å²) in [5.74, 6) is 0.576. The average Bonchev–Trinajstić information content (AvgIpc) is 2.43. The molecule has 0 aliphatic carbocycles. The van der Waals surface area contributed by atoms with E-state index in [9.17, 15) is 10.1 Å². The maximum absolute atomic E-state index is 11.1. The van der Waals surface area contributed by atoms with Crippen molar-refractivity contribution in [3.8, 4) is 5.75 Å². The SMILES string of the molecule is CCc1ccc(OCc2nc(C)cc(Cl)n2)c([N+](=O)[O-])c1. The van der Waals surface area contributed by atoms with Crippen molar-refractivity contribution in [2.45, 2.75) is 26.9 Å². The van der Waals surface area contributed by atoms with Crippen LogP contribution in [0.15, 0.2) is 24.3 Å². The molecule has 0 amide bonds. The lowest BCUT2D eigenvalue weighted by molar-refractivity contribution is -0.386. The number of halogens is 1. The summed E-state index contributed by atoms with van der Waals surface area (Å²) < 4.78 is 5.47. The van der Waals surface area contributed by atoms with Crippen molar-refractivity contribution in [2.75, 3.05) is 0 Å². The molecule has 0 bridgehead atoms. The fourth-order valence-electron chi connectivity index (χ4n) is 1.84. The number of benzene rings is 1. The quantitative estimate of drug-likeness (QED) is 0.480. The molecule has 0 aliphatic heterocycles. The van der Waals surface area contributed by atoms with E-state index < -0.39 is 4.92 Å². The summed E-state index contributed by atoms with van der Waals surface area (Å²) >= 11 is 5.84. The van der Waals surface area contributed by atoms with Gasteiger partial charge in [-0.25, -0.2) is 9.97 Å². The van der Waals surface area contributed by atoms with E-state index in [0.717, 1.165) is 12.0 Å². The first-order valence-electron chi connectivity index (χ1n) is 6.39. The van der Waals surface area contributed by atoms with E-state index in [1.807, 2.05) is 6.92 Å². The van der Waals surface area contributed by atoms with Crippen LogP contribution in [-0.4, -0.2) is 14.9 Å². The van der Waals surface area contributed by atoms with Crippen molar-refractivity contribution >= 4 is 17.3 Å². The minimum absolute atomic E-state index is 0.0215. The molecule has 1 heterocycles. The van der Waals surface area contributed by atoms with Crippen molar-refractivity contribution in [3.63, 3.8) is 0 Å². The number of ether oxygens (including phenoxy) is 1. The molecule has 2 rings (SSSR count). The van der Waals surface area contributed by atoms with Crippen LogP contribution in [0.3, 0.4) is 0 Å². The second-order valence-electron chi connectivity index (χ2n) is 4.45. The molecule has 0 fully saturated rings. The van der Waals surface area contributed by atoms with Gasteiger partial charge in [0.2, 0.25) is 0 Å². The topological polar surface area (TPSA) is 78.2 Å². The molecule has 7 heteroatoms. The van der Waals surface area contributed by atoms with Crippen LogP contribution in [-0.2, 0) is 13.0 Å². The van der Waals surface area contributed by atoms with Crippen molar-refractivity contribution < 1.29 is 9.66 Å². The van der Waals surface area contributed by atoms with E-state index in [-0.39, 0.29) is 18.0 Å². The van der Waals surface area contributed by atoms with E-state index in [4.69, 9.17) is 16.3 Å². The maximum atomic E-state index is 11.1. The van der Waals surface area contributed by atoms with Gasteiger partial charge in [0.1, 0.15) is 11.8 Å². The van der Waals surface area contributed by atoms with Gasteiger partial charge in [0.05, 0.1) is 4.92 Å². The van der Waals surface area contributed by atoms with Gasteiger partial charge in [-0.3, -0.25) is 10.1 Å². The lowest BCUT2D eigenvalue weighted by Crippen LogP contribution is -2.04. The van der Waals surface area contributed by atoms with Gasteiger partial charge >= 0.3 is 5.69 Å². The van der Waals surface area contributed by atoms with E-state index in [2.05, 4.69) is 9.97 Å². The van der Waals surface area contributed by atoms with Crippen LogP contribution >= 0.6 is 11.6 Å². The fourth-order valence-corrected chi connectivity index (χ4v) is 2.10. The highest BCUT2D eigenvalue weighted by Crippen LogP contribution is 2.28. The van der Waals surface area contributed by atoms with Crippen LogP contribution in [0.5, 0.6) is 5.75 Å². The molecule has 0 radical (unpaired) electrons. The Labute approximate surface area is 126 Å². The number of nitro benzene ring substituents is 1. The zero-order valence-corrected chi connectivity index (χ0v) is 12.4. The molecule has 0 atom stereocenters. The van der Waals surface area contributed by atoms with Gasteiger partial charge in [0.15, 0.2) is 11.6 Å². The second-order valence-corrected chi connectivity index (χ2v) is 4.84. The van der Waals surface area contributed by atoms with Crippen molar-refractivity contribution in [3.05, 3.63) is 56.6 Å². The first-order valence-corrected chi connectivity index (χ1v) is 6.77. The van der Waals surface area contributed by atoms with E-state index in [1.165, 1.54) is 6.07 Å². The van der Waals surface area contributed by atoms with Crippen LogP contribution in [0.25, 0.3) is 0 Å². The molecule has 0 unspecified atom stereocenters. The van der Waals surface area contributed by atoms with Crippen molar-refractivity contribution in [1.82, 2.24) is 9.97 Å². The monoisotopic (exact) mass is 307 g/mol. The maximum Gasteiger partial charge on any atom is 0.311 e. The molecule has 0 N–H and O–H groups in total. The Morgan fingerprint density at radius 1 is 1.33 bits per heavy atom. The Bertz CT molecular complexity index is 656. The molecule has 6 nitrogen and oxygen atoms in total. The number of aryl methyl sites for hydroxylation is 2. The van der Waals surface area contributed by atoms with E-state index >= 15 is 0 Å². The minimum Gasteiger partial charge on any atom is -0.479 e. The summed E-state index contributed by atoms with van der Waals surface area (Å²) in [5, 5.41) is 11.4. The molecule has 1 aromatic carbocycles. The molecule has 0 spiro atoms. The lowest BCUT2D eigenvalue weighted by Gasteiger charge is -2.07. The normalized spacial score (nSPS) is 10.4. The van der Waals surface area contributed by atoms with Crippen LogP contribution in [0.4, 0.5) is 5.69 Å². The largest absolute Gasteiger partial charge is 0.479 e. The first-order chi connectivity index (χ1) is 9.99. The lowest BCUT2D eigenvalue weighted by atomic mass is 10.1. The molecular formula is C14H14ClN3O3. The molecule has 0 saturated carbocycles. The van der Waals surface area contributed by atoms with E-state index in [1.54, 1.807) is 25.1 Å². The van der Waals surface area contributed by atoms with Crippen molar-refractivity contribution in [1.29, 1.82) is 0 Å². The van der Waals surface area contributed by atoms with Crippen LogP contribution in [0, 0.1) is 17.0 Å². The highest BCUT2D eigenvalue weighted by atomic mass is 35.5. The minimum atomic E-state index is -0.460. The van der Waals surface area contributed by atoms with Gasteiger partial charge in [0.25, 0.3) is 0 Å². The van der Waals surface area contributed by atoms with Crippen LogP contribution < -0.4 is 4.74 Å². The molecule has 0 aliphatic rings. The number of hydrogen-bond acceptors (Lipinski definition) is 5. The van der Waals surface area contributed by atoms with Crippen molar-refractivity contribution in [2.24, 2.45) is 0 Å². The summed E-state index contributed by atoms with van der Waals surface area (Å²) in [6, 6.07) is 6.53. The van der Waals surface area contributed by atoms with Gasteiger partial charge in [0, 0.05) is 11.8 Å². The Balaban J connectivity index is 2.21. The summed E-state index contributed by atoms with van der Waals surface area (Å²) in [5.41, 5.74) is 1.53. The molecule has 1 aromatic heterocycles. The molecular weight excluding hydrogens is 294 g/mol. The predicted octanol–water partition coefficient (Wildman–Crippen LogP) is 3.49. The molecule has 21 heavy (non-hydrogen) atoms. The van der Waals surface area contributed by atoms with Gasteiger partial charge in [-0.2, -0.15) is 0 Å². The van der Waals surface area contributed by atoms with E-state index in [0.29, 0.717) is 16.7 Å². The van der Waals surface area contributed by atoms with Crippen LogP contribution in [0.2, 0.25) is 5.15 Å². The van der Waals surface area contributed by atoms with Crippen LogP contribution in [0.1, 0.15) is 24.0 Å².